The number of aliphatic hydroxyl groups excluding tert-OH is 1. The Morgan fingerprint density at radius 1 is 1.09 bits per heavy atom. The van der Waals surface area contributed by atoms with E-state index in [1.807, 2.05) is 0 Å². The highest BCUT2D eigenvalue weighted by Crippen LogP contribution is 2.43. The van der Waals surface area contributed by atoms with Crippen molar-refractivity contribution in [1.29, 1.82) is 0 Å². The minimum absolute atomic E-state index is 0.0728. The number of Topliss-reactive ketones (excluding diaryl/α,β-unsaturated/α-hetero) is 1. The third-order valence-corrected chi connectivity index (χ3v) is 5.90. The molecular formula is C26H20FNO5. The first-order valence-corrected chi connectivity index (χ1v) is 10.4. The van der Waals surface area contributed by atoms with Crippen LogP contribution in [0.15, 0.2) is 72.3 Å². The summed E-state index contributed by atoms with van der Waals surface area (Å²) in [5.74, 6) is -1.28. The molecule has 3 aromatic carbocycles. The van der Waals surface area contributed by atoms with E-state index in [4.69, 9.17) is 9.47 Å². The SMILES string of the molecule is COc1cccc(C2/C(=C(/O)c3ccc4c(c3)CCO4)C(=O)C(=O)N2c2cccc(F)c2)c1. The minimum Gasteiger partial charge on any atom is -0.507 e. The van der Waals surface area contributed by atoms with Gasteiger partial charge in [0, 0.05) is 17.7 Å². The number of carbonyl (C=O) groups is 2. The van der Waals surface area contributed by atoms with Gasteiger partial charge >= 0.3 is 0 Å². The summed E-state index contributed by atoms with van der Waals surface area (Å²) in [7, 11) is 1.51. The van der Waals surface area contributed by atoms with Crippen molar-refractivity contribution in [3.8, 4) is 11.5 Å². The maximum Gasteiger partial charge on any atom is 0.300 e. The largest absolute Gasteiger partial charge is 0.507 e. The summed E-state index contributed by atoms with van der Waals surface area (Å²) in [5, 5.41) is 11.3. The molecule has 0 radical (unpaired) electrons. The molecule has 33 heavy (non-hydrogen) atoms. The summed E-state index contributed by atoms with van der Waals surface area (Å²) >= 11 is 0. The second-order valence-corrected chi connectivity index (χ2v) is 7.85. The van der Waals surface area contributed by atoms with Gasteiger partial charge in [-0.3, -0.25) is 14.5 Å². The fraction of sp³-hybridized carbons (Fsp3) is 0.154. The molecule has 5 rings (SSSR count). The molecule has 1 N–H and O–H groups in total. The fourth-order valence-corrected chi connectivity index (χ4v) is 4.34. The maximum atomic E-state index is 14.0. The van der Waals surface area contributed by atoms with Crippen molar-refractivity contribution >= 4 is 23.1 Å². The predicted molar refractivity (Wildman–Crippen MR) is 120 cm³/mol. The molecule has 3 aromatic rings. The molecule has 2 aliphatic rings. The third kappa shape index (κ3) is 3.51. The van der Waals surface area contributed by atoms with Gasteiger partial charge in [-0.05, 0) is 59.7 Å². The van der Waals surface area contributed by atoms with Gasteiger partial charge < -0.3 is 14.6 Å². The van der Waals surface area contributed by atoms with E-state index in [1.54, 1.807) is 48.5 Å². The standard InChI is InChI=1S/C26H20FNO5/c1-32-20-7-2-4-16(13-20)23-22(24(29)17-8-9-21-15(12-17)10-11-33-21)25(30)26(31)28(23)19-6-3-5-18(27)14-19/h2-9,12-14,23,29H,10-11H2,1H3/b24-22-. The molecule has 0 aliphatic carbocycles. The molecule has 0 aromatic heterocycles. The lowest BCUT2D eigenvalue weighted by atomic mass is 9.94. The van der Waals surface area contributed by atoms with Gasteiger partial charge in [-0.25, -0.2) is 4.39 Å². The van der Waals surface area contributed by atoms with Crippen LogP contribution in [-0.4, -0.2) is 30.5 Å². The lowest BCUT2D eigenvalue weighted by Crippen LogP contribution is -2.29. The number of halogens is 1. The van der Waals surface area contributed by atoms with Crippen LogP contribution in [0, 0.1) is 5.82 Å². The molecule has 0 bridgehead atoms. The van der Waals surface area contributed by atoms with Crippen molar-refractivity contribution in [1.82, 2.24) is 0 Å². The molecule has 1 atom stereocenters. The number of aliphatic hydroxyl groups is 1. The Labute approximate surface area is 189 Å². The number of carbonyl (C=O) groups excluding carboxylic acids is 2. The smallest absolute Gasteiger partial charge is 0.300 e. The van der Waals surface area contributed by atoms with Crippen molar-refractivity contribution in [3.63, 3.8) is 0 Å². The number of anilines is 1. The Morgan fingerprint density at radius 2 is 1.91 bits per heavy atom. The zero-order chi connectivity index (χ0) is 23.1. The van der Waals surface area contributed by atoms with Gasteiger partial charge in [-0.1, -0.05) is 18.2 Å². The lowest BCUT2D eigenvalue weighted by Gasteiger charge is -2.25. The molecule has 2 heterocycles. The molecule has 2 aliphatic heterocycles. The highest BCUT2D eigenvalue weighted by atomic mass is 19.1. The Bertz CT molecular complexity index is 1320. The summed E-state index contributed by atoms with van der Waals surface area (Å²) in [6.45, 7) is 0.549. The number of nitrogens with zero attached hydrogens (tertiary/aromatic N) is 1. The van der Waals surface area contributed by atoms with Crippen LogP contribution in [0.4, 0.5) is 10.1 Å². The summed E-state index contributed by atoms with van der Waals surface area (Å²) in [5.41, 5.74) is 2.01. The molecule has 6 nitrogen and oxygen atoms in total. The first-order valence-electron chi connectivity index (χ1n) is 10.4. The van der Waals surface area contributed by atoms with Gasteiger partial charge in [0.05, 0.1) is 25.3 Å². The maximum absolute atomic E-state index is 14.0. The van der Waals surface area contributed by atoms with Crippen molar-refractivity contribution in [3.05, 3.63) is 94.8 Å². The summed E-state index contributed by atoms with van der Waals surface area (Å²) in [4.78, 5) is 27.6. The highest BCUT2D eigenvalue weighted by Gasteiger charge is 2.47. The van der Waals surface area contributed by atoms with Gasteiger partial charge in [0.15, 0.2) is 0 Å². The van der Waals surface area contributed by atoms with Crippen LogP contribution < -0.4 is 14.4 Å². The van der Waals surface area contributed by atoms with Crippen LogP contribution in [0.2, 0.25) is 0 Å². The molecule has 0 saturated carbocycles. The second-order valence-electron chi connectivity index (χ2n) is 7.85. The van der Waals surface area contributed by atoms with E-state index in [9.17, 15) is 19.1 Å². The van der Waals surface area contributed by atoms with E-state index in [0.717, 1.165) is 11.3 Å². The summed E-state index contributed by atoms with van der Waals surface area (Å²) in [6, 6.07) is 16.5. The van der Waals surface area contributed by atoms with E-state index in [1.165, 1.54) is 30.2 Å². The van der Waals surface area contributed by atoms with Crippen molar-refractivity contribution in [2.75, 3.05) is 18.6 Å². The number of benzene rings is 3. The van der Waals surface area contributed by atoms with Gasteiger partial charge in [0.2, 0.25) is 0 Å². The van der Waals surface area contributed by atoms with Crippen LogP contribution in [0.5, 0.6) is 11.5 Å². The predicted octanol–water partition coefficient (Wildman–Crippen LogP) is 4.40. The Hall–Kier alpha value is -4.13. The summed E-state index contributed by atoms with van der Waals surface area (Å²) < 4.78 is 24.9. The zero-order valence-corrected chi connectivity index (χ0v) is 17.7. The number of hydrogen-bond acceptors (Lipinski definition) is 5. The number of hydrogen-bond donors (Lipinski definition) is 1. The zero-order valence-electron chi connectivity index (χ0n) is 17.7. The van der Waals surface area contributed by atoms with Gasteiger partial charge in [-0.2, -0.15) is 0 Å². The molecule has 7 heteroatoms. The van der Waals surface area contributed by atoms with Crippen LogP contribution in [-0.2, 0) is 16.0 Å². The topological polar surface area (TPSA) is 76.1 Å². The van der Waals surface area contributed by atoms with Crippen molar-refractivity contribution in [2.24, 2.45) is 0 Å². The van der Waals surface area contributed by atoms with E-state index >= 15 is 0 Å². The number of ether oxygens (including phenoxy) is 2. The molecule has 1 saturated heterocycles. The molecule has 0 spiro atoms. The van der Waals surface area contributed by atoms with Gasteiger partial charge in [0.1, 0.15) is 23.1 Å². The highest BCUT2D eigenvalue weighted by molar-refractivity contribution is 6.51. The van der Waals surface area contributed by atoms with Gasteiger partial charge in [-0.15, -0.1) is 0 Å². The van der Waals surface area contributed by atoms with Crippen LogP contribution in [0.3, 0.4) is 0 Å². The van der Waals surface area contributed by atoms with Crippen molar-refractivity contribution in [2.45, 2.75) is 12.5 Å². The Balaban J connectivity index is 1.72. The van der Waals surface area contributed by atoms with Gasteiger partial charge in [0.25, 0.3) is 11.7 Å². The van der Waals surface area contributed by atoms with Crippen LogP contribution in [0.25, 0.3) is 5.76 Å². The Kier molecular flexibility index (Phi) is 5.09. The first-order chi connectivity index (χ1) is 16.0. The number of amides is 1. The molecule has 1 amide bonds. The Morgan fingerprint density at radius 3 is 2.70 bits per heavy atom. The fourth-order valence-electron chi connectivity index (χ4n) is 4.34. The quantitative estimate of drug-likeness (QED) is 0.366. The molecule has 1 fully saturated rings. The molecule has 1 unspecified atom stereocenters. The third-order valence-electron chi connectivity index (χ3n) is 5.90. The average molecular weight is 445 g/mol. The van der Waals surface area contributed by atoms with E-state index in [0.29, 0.717) is 29.9 Å². The lowest BCUT2D eigenvalue weighted by molar-refractivity contribution is -0.132. The average Bonchev–Trinajstić information content (AvgIpc) is 3.40. The number of rotatable bonds is 4. The van der Waals surface area contributed by atoms with Crippen LogP contribution in [0.1, 0.15) is 22.7 Å². The van der Waals surface area contributed by atoms with Crippen LogP contribution >= 0.6 is 0 Å². The number of fused-ring (bicyclic) bond motifs is 1. The normalized spacial score (nSPS) is 18.8. The second kappa shape index (κ2) is 8.09. The van der Waals surface area contributed by atoms with E-state index in [-0.39, 0.29) is 17.0 Å². The molecular weight excluding hydrogens is 425 g/mol. The monoisotopic (exact) mass is 445 g/mol. The van der Waals surface area contributed by atoms with E-state index < -0.39 is 23.5 Å². The number of ketones is 1. The summed E-state index contributed by atoms with van der Waals surface area (Å²) in [6.07, 6.45) is 0.688. The first kappa shape index (κ1) is 20.8. The number of methoxy groups -OCH3 is 1. The minimum atomic E-state index is -0.966. The van der Waals surface area contributed by atoms with Crippen molar-refractivity contribution < 1.29 is 28.6 Å². The molecule has 166 valence electrons. The van der Waals surface area contributed by atoms with E-state index in [2.05, 4.69) is 0 Å².